The predicted octanol–water partition coefficient (Wildman–Crippen LogP) is 5.19. The van der Waals surface area contributed by atoms with Gasteiger partial charge in [-0.2, -0.15) is 14.4 Å². The Morgan fingerprint density at radius 2 is 1.80 bits per heavy atom. The Balaban J connectivity index is 1.04. The molecule has 1 N–H and O–H groups in total. The largest absolute Gasteiger partial charge is 0.519 e. The number of nitrogens with one attached hydrogen (secondary N) is 1. The number of anilines is 1. The second-order valence-corrected chi connectivity index (χ2v) is 15.9. The smallest absolute Gasteiger partial charge is 0.461 e. The number of rotatable bonds is 12. The molecule has 1 spiro atoms. The lowest BCUT2D eigenvalue weighted by molar-refractivity contribution is -0.178. The van der Waals surface area contributed by atoms with Crippen molar-refractivity contribution in [2.75, 3.05) is 11.9 Å². The van der Waals surface area contributed by atoms with Crippen LogP contribution in [0.25, 0.3) is 11.2 Å². The van der Waals surface area contributed by atoms with Gasteiger partial charge in [0.15, 0.2) is 35.1 Å². The topological polar surface area (TPSA) is 213 Å². The van der Waals surface area contributed by atoms with Gasteiger partial charge in [-0.1, -0.05) is 31.6 Å². The van der Waals surface area contributed by atoms with Gasteiger partial charge >= 0.3 is 35.9 Å². The van der Waals surface area contributed by atoms with E-state index in [1.54, 1.807) is 0 Å². The van der Waals surface area contributed by atoms with Crippen molar-refractivity contribution in [2.45, 2.75) is 128 Å². The number of esters is 3. The van der Waals surface area contributed by atoms with Gasteiger partial charge < -0.3 is 32.5 Å². The SMILES string of the molecule is C#C[C@]1(COC(=O)C2CC3(CCC3)C2)O[C@@H](n2cnc3c(NC(=O)OC(C)(C)CC(=O)OCc4oc(=O)oc4C)nc(F)nc32)C[C@@H]1OC(=O)C1CCCCC1. The molecule has 3 saturated carbocycles. The summed E-state index contributed by atoms with van der Waals surface area (Å²) in [6.45, 7) is 3.62. The fourth-order valence-electron chi connectivity index (χ4n) is 8.11. The first-order valence-electron chi connectivity index (χ1n) is 18.8. The number of aryl methyl sites for hydroxylation is 1. The number of terminal acetylenes is 1. The van der Waals surface area contributed by atoms with Crippen LogP contribution in [-0.4, -0.2) is 67.4 Å². The van der Waals surface area contributed by atoms with Crippen molar-refractivity contribution in [2.24, 2.45) is 17.3 Å². The van der Waals surface area contributed by atoms with Gasteiger partial charge in [0.05, 0.1) is 24.6 Å². The fraction of sp³-hybridized carbons (Fsp3) is 0.632. The van der Waals surface area contributed by atoms with Gasteiger partial charge in [0.25, 0.3) is 0 Å². The Hall–Kier alpha value is -5.31. The van der Waals surface area contributed by atoms with E-state index in [0.717, 1.165) is 44.9 Å². The summed E-state index contributed by atoms with van der Waals surface area (Å²) < 4.78 is 54.7. The standard InChI is InChI=1S/C38H44FN5O12/c1-5-38(19-51-31(46)23-15-37(16-23)12-9-13-37)25(54-32(47)22-10-7-6-8-11-22)14-26(55-38)44-20-40-28-29(41-33(39)43-30(28)44)42-34(48)56-36(3,4)17-27(45)50-18-24-21(2)52-35(49)53-24/h1,20,22-23,25-26H,6-19H2,2-4H3,(H,41,42,43,48)/t25-,26+,38+/m0/s1. The number of hydrogen-bond acceptors (Lipinski definition) is 15. The number of hydrogen-bond donors (Lipinski definition) is 1. The number of carbonyl (C=O) groups is 4. The van der Waals surface area contributed by atoms with Crippen LogP contribution in [0.15, 0.2) is 20.0 Å². The molecule has 0 unspecified atom stereocenters. The molecule has 18 heteroatoms. The van der Waals surface area contributed by atoms with Gasteiger partial charge in [-0.3, -0.25) is 24.3 Å². The van der Waals surface area contributed by atoms with Crippen LogP contribution in [0.3, 0.4) is 0 Å². The molecular formula is C38H44FN5O12. The highest BCUT2D eigenvalue weighted by molar-refractivity contribution is 5.93. The maximum absolute atomic E-state index is 15.0. The van der Waals surface area contributed by atoms with E-state index in [9.17, 15) is 28.4 Å². The van der Waals surface area contributed by atoms with E-state index in [4.69, 9.17) is 38.9 Å². The minimum Gasteiger partial charge on any atom is -0.461 e. The molecule has 17 nitrogen and oxygen atoms in total. The Morgan fingerprint density at radius 3 is 2.46 bits per heavy atom. The lowest BCUT2D eigenvalue weighted by Gasteiger charge is -2.53. The van der Waals surface area contributed by atoms with Crippen molar-refractivity contribution >= 4 is 41.0 Å². The third kappa shape index (κ3) is 8.13. The quantitative estimate of drug-likeness (QED) is 0.108. The second-order valence-electron chi connectivity index (χ2n) is 15.9. The van der Waals surface area contributed by atoms with E-state index in [2.05, 4.69) is 26.2 Å². The van der Waals surface area contributed by atoms with Crippen LogP contribution < -0.4 is 11.1 Å². The molecule has 300 valence electrons. The number of nitrogens with zero attached hydrogens (tertiary/aromatic N) is 4. The first-order chi connectivity index (χ1) is 26.7. The Labute approximate surface area is 320 Å². The normalized spacial score (nSPS) is 23.5. The molecule has 56 heavy (non-hydrogen) atoms. The molecule has 4 fully saturated rings. The molecule has 3 aromatic rings. The van der Waals surface area contributed by atoms with Crippen LogP contribution in [0.5, 0.6) is 0 Å². The van der Waals surface area contributed by atoms with Crippen molar-refractivity contribution in [3.05, 3.63) is 34.5 Å². The van der Waals surface area contributed by atoms with Crippen LogP contribution in [0.2, 0.25) is 0 Å². The summed E-state index contributed by atoms with van der Waals surface area (Å²) in [6.07, 6.45) is 11.7. The molecule has 0 bridgehead atoms. The molecule has 3 aliphatic carbocycles. The summed E-state index contributed by atoms with van der Waals surface area (Å²) in [4.78, 5) is 75.1. The number of halogens is 1. The van der Waals surface area contributed by atoms with Gasteiger partial charge in [0.1, 0.15) is 24.5 Å². The molecule has 3 atom stereocenters. The van der Waals surface area contributed by atoms with Crippen molar-refractivity contribution in [1.29, 1.82) is 0 Å². The predicted molar refractivity (Wildman–Crippen MR) is 189 cm³/mol. The molecule has 0 aromatic carbocycles. The van der Waals surface area contributed by atoms with Gasteiger partial charge in [-0.25, -0.2) is 14.6 Å². The first-order valence-corrected chi connectivity index (χ1v) is 18.8. The zero-order valence-corrected chi connectivity index (χ0v) is 31.4. The first kappa shape index (κ1) is 38.9. The average molecular weight is 782 g/mol. The number of aromatic nitrogens is 4. The van der Waals surface area contributed by atoms with E-state index < -0.39 is 59.9 Å². The summed E-state index contributed by atoms with van der Waals surface area (Å²) in [5, 5.41) is 2.35. The third-order valence-electron chi connectivity index (χ3n) is 11.3. The van der Waals surface area contributed by atoms with E-state index in [1.807, 2.05) is 0 Å². The van der Waals surface area contributed by atoms with E-state index in [1.165, 1.54) is 38.1 Å². The Kier molecular flexibility index (Phi) is 10.7. The van der Waals surface area contributed by atoms with Gasteiger partial charge in [-0.05, 0) is 64.7 Å². The number of amides is 1. The zero-order valence-electron chi connectivity index (χ0n) is 31.4. The van der Waals surface area contributed by atoms with Crippen molar-refractivity contribution in [1.82, 2.24) is 19.5 Å². The van der Waals surface area contributed by atoms with Crippen molar-refractivity contribution in [3.63, 3.8) is 0 Å². The number of fused-ring (bicyclic) bond motifs is 1. The van der Waals surface area contributed by atoms with Crippen LogP contribution in [0.4, 0.5) is 15.0 Å². The second kappa shape index (κ2) is 15.3. The maximum atomic E-state index is 15.0. The molecule has 3 aromatic heterocycles. The summed E-state index contributed by atoms with van der Waals surface area (Å²) >= 11 is 0. The highest BCUT2D eigenvalue weighted by atomic mass is 19.1. The van der Waals surface area contributed by atoms with E-state index in [-0.39, 0.29) is 71.4 Å². The summed E-state index contributed by atoms with van der Waals surface area (Å²) in [6, 6.07) is 0. The monoisotopic (exact) mass is 781 g/mol. The van der Waals surface area contributed by atoms with Crippen LogP contribution in [0.1, 0.15) is 109 Å². The van der Waals surface area contributed by atoms with E-state index in [0.29, 0.717) is 12.8 Å². The van der Waals surface area contributed by atoms with Crippen molar-refractivity contribution < 1.29 is 56.1 Å². The maximum Gasteiger partial charge on any atom is 0.519 e. The Morgan fingerprint density at radius 1 is 1.05 bits per heavy atom. The van der Waals surface area contributed by atoms with Crippen LogP contribution in [0, 0.1) is 42.6 Å². The summed E-state index contributed by atoms with van der Waals surface area (Å²) in [5.41, 5.74) is -2.98. The highest BCUT2D eigenvalue weighted by Crippen LogP contribution is 2.59. The minimum absolute atomic E-state index is 0.00870. The number of imidazole rings is 1. The van der Waals surface area contributed by atoms with Crippen LogP contribution >= 0.6 is 0 Å². The lowest BCUT2D eigenvalue weighted by Crippen LogP contribution is -2.49. The van der Waals surface area contributed by atoms with Gasteiger partial charge in [-0.15, -0.1) is 6.42 Å². The van der Waals surface area contributed by atoms with Crippen LogP contribution in [-0.2, 0) is 44.7 Å². The third-order valence-corrected chi connectivity index (χ3v) is 11.3. The molecule has 1 amide bonds. The number of carbonyl (C=O) groups excluding carboxylic acids is 4. The summed E-state index contributed by atoms with van der Waals surface area (Å²) in [5.74, 6) is -0.600. The van der Waals surface area contributed by atoms with E-state index >= 15 is 0 Å². The molecule has 0 radical (unpaired) electrons. The molecule has 4 heterocycles. The highest BCUT2D eigenvalue weighted by Gasteiger charge is 2.55. The van der Waals surface area contributed by atoms with Gasteiger partial charge in [0.2, 0.25) is 5.60 Å². The van der Waals surface area contributed by atoms with Gasteiger partial charge in [0, 0.05) is 6.42 Å². The molecule has 4 aliphatic rings. The Bertz CT molecular complexity index is 2100. The average Bonchev–Trinajstić information content (AvgIpc) is 3.79. The molecule has 1 aliphatic heterocycles. The minimum atomic E-state index is -1.67. The fourth-order valence-corrected chi connectivity index (χ4v) is 8.11. The number of ether oxygens (including phenoxy) is 5. The summed E-state index contributed by atoms with van der Waals surface area (Å²) in [7, 11) is 0. The van der Waals surface area contributed by atoms with Crippen molar-refractivity contribution in [3.8, 4) is 12.3 Å². The zero-order chi connectivity index (χ0) is 39.8. The lowest BCUT2D eigenvalue weighted by atomic mass is 9.52. The molecular weight excluding hydrogens is 737 g/mol. The molecule has 7 rings (SSSR count). The molecule has 1 saturated heterocycles.